The molecule has 0 aliphatic carbocycles. The van der Waals surface area contributed by atoms with Crippen LogP contribution in [0, 0.1) is 0 Å². The molecule has 0 saturated carbocycles. The highest BCUT2D eigenvalue weighted by Crippen LogP contribution is 1.69. The number of carbonyl (C=O) groups excluding carboxylic acids is 1. The molecule has 0 spiro atoms. The molecule has 0 saturated heterocycles. The van der Waals surface area contributed by atoms with Gasteiger partial charge in [-0.3, -0.25) is 4.79 Å². The summed E-state index contributed by atoms with van der Waals surface area (Å²) in [6.45, 7) is 1.33. The van der Waals surface area contributed by atoms with Crippen molar-refractivity contribution < 1.29 is 14.8 Å². The van der Waals surface area contributed by atoms with E-state index in [-0.39, 0.29) is 5.91 Å². The fourth-order valence-electron chi connectivity index (χ4n) is 0.252. The second-order valence-electron chi connectivity index (χ2n) is 1.47. The van der Waals surface area contributed by atoms with E-state index in [0.29, 0.717) is 0 Å². The molecule has 0 aromatic carbocycles. The Morgan fingerprint density at radius 2 is 2.22 bits per heavy atom. The van der Waals surface area contributed by atoms with Gasteiger partial charge in [0, 0.05) is 6.92 Å². The molecule has 50 valence electrons. The highest BCUT2D eigenvalue weighted by Gasteiger charge is 1.96. The highest BCUT2D eigenvalue weighted by molar-refractivity contribution is 6.47. The van der Waals surface area contributed by atoms with Gasteiger partial charge < -0.3 is 15.4 Å². The van der Waals surface area contributed by atoms with Crippen molar-refractivity contribution in [1.29, 1.82) is 0 Å². The number of hydrogen-bond acceptors (Lipinski definition) is 3. The SMILES string of the molecule is CC(=O)N/C=C/B(O)O. The predicted octanol–water partition coefficient (Wildman–Crippen LogP) is -1.35. The lowest BCUT2D eigenvalue weighted by Gasteiger charge is -1.89. The largest absolute Gasteiger partial charge is 0.482 e. The fourth-order valence-corrected chi connectivity index (χ4v) is 0.252. The maximum absolute atomic E-state index is 10.1. The molecular formula is C4H8BNO3. The number of amides is 1. The van der Waals surface area contributed by atoms with Gasteiger partial charge >= 0.3 is 7.12 Å². The lowest BCUT2D eigenvalue weighted by atomic mass is 9.93. The Hall–Kier alpha value is -0.805. The first-order valence-electron chi connectivity index (χ1n) is 2.43. The summed E-state index contributed by atoms with van der Waals surface area (Å²) in [5, 5.41) is 18.6. The molecule has 3 N–H and O–H groups in total. The predicted molar refractivity (Wildman–Crippen MR) is 33.1 cm³/mol. The molecule has 0 bridgehead atoms. The molecule has 1 amide bonds. The summed E-state index contributed by atoms with van der Waals surface area (Å²) in [6, 6.07) is 0. The van der Waals surface area contributed by atoms with Crippen LogP contribution >= 0.6 is 0 Å². The second-order valence-corrected chi connectivity index (χ2v) is 1.47. The summed E-state index contributed by atoms with van der Waals surface area (Å²) in [4.78, 5) is 10.1. The molecule has 0 aliphatic rings. The van der Waals surface area contributed by atoms with Crippen molar-refractivity contribution >= 4 is 13.0 Å². The van der Waals surface area contributed by atoms with E-state index < -0.39 is 7.12 Å². The highest BCUT2D eigenvalue weighted by atomic mass is 16.4. The molecule has 0 fully saturated rings. The fraction of sp³-hybridized carbons (Fsp3) is 0.250. The topological polar surface area (TPSA) is 69.6 Å². The van der Waals surface area contributed by atoms with E-state index in [2.05, 4.69) is 5.32 Å². The molecule has 0 aliphatic heterocycles. The van der Waals surface area contributed by atoms with Gasteiger partial charge in [-0.25, -0.2) is 0 Å². The first-order valence-corrected chi connectivity index (χ1v) is 2.43. The van der Waals surface area contributed by atoms with Crippen LogP contribution in [0.1, 0.15) is 6.92 Å². The molecule has 0 radical (unpaired) electrons. The number of carbonyl (C=O) groups is 1. The minimum Gasteiger partial charge on any atom is -0.424 e. The molecule has 0 aromatic heterocycles. The third kappa shape index (κ3) is 7.19. The Bertz CT molecular complexity index is 123. The quantitative estimate of drug-likeness (QED) is 0.403. The van der Waals surface area contributed by atoms with Crippen molar-refractivity contribution in [3.63, 3.8) is 0 Å². The van der Waals surface area contributed by atoms with E-state index in [1.807, 2.05) is 0 Å². The van der Waals surface area contributed by atoms with Gasteiger partial charge in [-0.1, -0.05) is 0 Å². The van der Waals surface area contributed by atoms with Gasteiger partial charge in [0.15, 0.2) is 0 Å². The normalized spacial score (nSPS) is 9.67. The summed E-state index contributed by atoms with van der Waals surface area (Å²) in [5.41, 5.74) is 0. The van der Waals surface area contributed by atoms with Crippen LogP contribution in [0.4, 0.5) is 0 Å². The Labute approximate surface area is 53.3 Å². The van der Waals surface area contributed by atoms with Crippen LogP contribution in [0.5, 0.6) is 0 Å². The van der Waals surface area contributed by atoms with Crippen molar-refractivity contribution in [2.24, 2.45) is 0 Å². The standard InChI is InChI=1S/C4H8BNO3/c1-4(7)6-3-2-5(8)9/h2-3,8-9H,1H3,(H,6,7)/b3-2+. The molecular weight excluding hydrogens is 121 g/mol. The number of nitrogens with one attached hydrogen (secondary N) is 1. The zero-order valence-electron chi connectivity index (χ0n) is 5.03. The van der Waals surface area contributed by atoms with Gasteiger partial charge in [0.05, 0.1) is 0 Å². The summed E-state index contributed by atoms with van der Waals surface area (Å²) in [5.74, 6) is 0.799. The third-order valence-corrected chi connectivity index (χ3v) is 0.555. The first kappa shape index (κ1) is 8.19. The summed E-state index contributed by atoms with van der Waals surface area (Å²) < 4.78 is 0. The molecule has 5 heteroatoms. The minimum absolute atomic E-state index is 0.244. The van der Waals surface area contributed by atoms with Gasteiger partial charge in [0.25, 0.3) is 0 Å². The number of hydrogen-bond donors (Lipinski definition) is 3. The van der Waals surface area contributed by atoms with Crippen LogP contribution in [-0.4, -0.2) is 23.1 Å². The summed E-state index contributed by atoms with van der Waals surface area (Å²) >= 11 is 0. The second kappa shape index (κ2) is 4.11. The maximum atomic E-state index is 10.1. The van der Waals surface area contributed by atoms with Gasteiger partial charge in [0.1, 0.15) is 0 Å². The van der Waals surface area contributed by atoms with E-state index in [9.17, 15) is 4.79 Å². The zero-order chi connectivity index (χ0) is 7.28. The molecule has 0 rings (SSSR count). The average Bonchev–Trinajstić information content (AvgIpc) is 1.63. The van der Waals surface area contributed by atoms with E-state index in [1.54, 1.807) is 0 Å². The smallest absolute Gasteiger partial charge is 0.424 e. The van der Waals surface area contributed by atoms with Crippen LogP contribution in [0.3, 0.4) is 0 Å². The van der Waals surface area contributed by atoms with E-state index >= 15 is 0 Å². The molecule has 0 aromatic rings. The third-order valence-electron chi connectivity index (χ3n) is 0.555. The summed E-state index contributed by atoms with van der Waals surface area (Å²) in [6.07, 6.45) is 1.17. The average molecular weight is 129 g/mol. The van der Waals surface area contributed by atoms with Crippen LogP contribution in [0.25, 0.3) is 0 Å². The first-order chi connectivity index (χ1) is 4.13. The van der Waals surface area contributed by atoms with Crippen LogP contribution in [-0.2, 0) is 4.79 Å². The van der Waals surface area contributed by atoms with Gasteiger partial charge in [-0.15, -0.1) is 0 Å². The Morgan fingerprint density at radius 1 is 1.67 bits per heavy atom. The van der Waals surface area contributed by atoms with Gasteiger partial charge in [-0.05, 0) is 12.2 Å². The Kier molecular flexibility index (Phi) is 3.74. The van der Waals surface area contributed by atoms with Crippen LogP contribution in [0.15, 0.2) is 12.2 Å². The van der Waals surface area contributed by atoms with Crippen LogP contribution in [0.2, 0.25) is 0 Å². The van der Waals surface area contributed by atoms with E-state index in [1.165, 1.54) is 13.1 Å². The van der Waals surface area contributed by atoms with Gasteiger partial charge in [-0.2, -0.15) is 0 Å². The lowest BCUT2D eigenvalue weighted by Crippen LogP contribution is -2.14. The Balaban J connectivity index is 3.36. The van der Waals surface area contributed by atoms with Crippen molar-refractivity contribution in [1.82, 2.24) is 5.32 Å². The molecule has 0 atom stereocenters. The summed E-state index contributed by atoms with van der Waals surface area (Å²) in [7, 11) is -1.50. The van der Waals surface area contributed by atoms with E-state index in [4.69, 9.17) is 10.0 Å². The van der Waals surface area contributed by atoms with Crippen molar-refractivity contribution in [2.45, 2.75) is 6.92 Å². The lowest BCUT2D eigenvalue weighted by molar-refractivity contribution is -0.118. The minimum atomic E-state index is -1.50. The maximum Gasteiger partial charge on any atom is 0.482 e. The molecule has 9 heavy (non-hydrogen) atoms. The number of rotatable bonds is 2. The zero-order valence-corrected chi connectivity index (χ0v) is 5.03. The molecule has 0 unspecified atom stereocenters. The van der Waals surface area contributed by atoms with Crippen LogP contribution < -0.4 is 5.32 Å². The van der Waals surface area contributed by atoms with Crippen molar-refractivity contribution in [2.75, 3.05) is 0 Å². The van der Waals surface area contributed by atoms with Crippen molar-refractivity contribution in [3.8, 4) is 0 Å². The van der Waals surface area contributed by atoms with Gasteiger partial charge in [0.2, 0.25) is 5.91 Å². The molecule has 0 heterocycles. The van der Waals surface area contributed by atoms with Crippen molar-refractivity contribution in [3.05, 3.63) is 12.2 Å². The molecule has 4 nitrogen and oxygen atoms in total. The monoisotopic (exact) mass is 129 g/mol. The Morgan fingerprint density at radius 3 is 2.56 bits per heavy atom. The van der Waals surface area contributed by atoms with E-state index in [0.717, 1.165) is 5.98 Å².